The third-order valence-electron chi connectivity index (χ3n) is 4.00. The van der Waals surface area contributed by atoms with Crippen molar-refractivity contribution in [2.24, 2.45) is 5.92 Å². The summed E-state index contributed by atoms with van der Waals surface area (Å²) in [6.07, 6.45) is 2.47. The first-order chi connectivity index (χ1) is 10.6. The first-order valence-electron chi connectivity index (χ1n) is 7.97. The molecule has 1 aromatic rings. The molecule has 3 N–H and O–H groups in total. The van der Waals surface area contributed by atoms with E-state index in [1.807, 2.05) is 30.3 Å². The fourth-order valence-corrected chi connectivity index (χ4v) is 2.74. The molecule has 0 saturated carbocycles. The van der Waals surface area contributed by atoms with Gasteiger partial charge in [0.2, 0.25) is 11.8 Å². The molecule has 0 bridgehead atoms. The highest BCUT2D eigenvalue weighted by Crippen LogP contribution is 2.15. The summed E-state index contributed by atoms with van der Waals surface area (Å²) in [5.74, 6) is -0.119. The Morgan fingerprint density at radius 2 is 1.96 bits per heavy atom. The first kappa shape index (κ1) is 19.5. The van der Waals surface area contributed by atoms with Crippen LogP contribution in [0.1, 0.15) is 25.3 Å². The molecule has 0 radical (unpaired) electrons. The largest absolute Gasteiger partial charge is 0.354 e. The van der Waals surface area contributed by atoms with E-state index in [2.05, 4.69) is 22.9 Å². The van der Waals surface area contributed by atoms with Gasteiger partial charge in [0.15, 0.2) is 0 Å². The Bertz CT molecular complexity index is 496. The summed E-state index contributed by atoms with van der Waals surface area (Å²) in [4.78, 5) is 23.8. The van der Waals surface area contributed by atoms with Crippen molar-refractivity contribution in [3.05, 3.63) is 35.9 Å². The van der Waals surface area contributed by atoms with E-state index in [1.54, 1.807) is 0 Å². The Hall–Kier alpha value is -1.59. The van der Waals surface area contributed by atoms with Gasteiger partial charge in [0.25, 0.3) is 0 Å². The molecular formula is C17H26ClN3O2. The monoisotopic (exact) mass is 339 g/mol. The van der Waals surface area contributed by atoms with Gasteiger partial charge in [-0.2, -0.15) is 0 Å². The van der Waals surface area contributed by atoms with Gasteiger partial charge in [-0.3, -0.25) is 9.59 Å². The third-order valence-corrected chi connectivity index (χ3v) is 4.00. The van der Waals surface area contributed by atoms with Crippen LogP contribution in [0.2, 0.25) is 0 Å². The van der Waals surface area contributed by atoms with Crippen LogP contribution in [0.3, 0.4) is 0 Å². The van der Waals surface area contributed by atoms with Crippen LogP contribution >= 0.6 is 12.4 Å². The Balaban J connectivity index is 0.00000264. The fraction of sp³-hybridized carbons (Fsp3) is 0.529. The van der Waals surface area contributed by atoms with Gasteiger partial charge in [-0.15, -0.1) is 12.4 Å². The number of benzene rings is 1. The molecule has 0 aliphatic carbocycles. The number of carbonyl (C=O) groups is 2. The Morgan fingerprint density at radius 3 is 2.65 bits per heavy atom. The molecule has 6 heteroatoms. The van der Waals surface area contributed by atoms with E-state index in [0.29, 0.717) is 12.6 Å². The molecule has 1 saturated heterocycles. The molecule has 1 aliphatic rings. The van der Waals surface area contributed by atoms with E-state index >= 15 is 0 Å². The van der Waals surface area contributed by atoms with Crippen molar-refractivity contribution in [1.82, 2.24) is 16.0 Å². The van der Waals surface area contributed by atoms with Crippen LogP contribution in [0.5, 0.6) is 0 Å². The van der Waals surface area contributed by atoms with Crippen molar-refractivity contribution in [1.29, 1.82) is 0 Å². The third kappa shape index (κ3) is 7.01. The molecule has 1 aliphatic heterocycles. The van der Waals surface area contributed by atoms with E-state index in [-0.39, 0.29) is 36.7 Å². The smallest absolute Gasteiger partial charge is 0.239 e. The number of piperidine rings is 1. The van der Waals surface area contributed by atoms with Crippen molar-refractivity contribution in [3.8, 4) is 0 Å². The van der Waals surface area contributed by atoms with Crippen LogP contribution in [0.4, 0.5) is 0 Å². The van der Waals surface area contributed by atoms with Crippen molar-refractivity contribution in [2.75, 3.05) is 19.6 Å². The summed E-state index contributed by atoms with van der Waals surface area (Å²) < 4.78 is 0. The average Bonchev–Trinajstić information content (AvgIpc) is 2.53. The first-order valence-corrected chi connectivity index (χ1v) is 7.97. The Morgan fingerprint density at radius 1 is 1.22 bits per heavy atom. The highest BCUT2D eigenvalue weighted by atomic mass is 35.5. The second kappa shape index (κ2) is 10.2. The number of amides is 2. The Kier molecular flexibility index (Phi) is 8.66. The second-order valence-corrected chi connectivity index (χ2v) is 5.88. The van der Waals surface area contributed by atoms with Gasteiger partial charge in [-0.1, -0.05) is 30.3 Å². The predicted octanol–water partition coefficient (Wildman–Crippen LogP) is 1.27. The number of nitrogens with one attached hydrogen (secondary N) is 3. The van der Waals surface area contributed by atoms with Crippen LogP contribution in [0.15, 0.2) is 30.3 Å². The number of halogens is 1. The van der Waals surface area contributed by atoms with Gasteiger partial charge in [0.1, 0.15) is 0 Å². The van der Waals surface area contributed by atoms with Crippen LogP contribution in [-0.4, -0.2) is 37.5 Å². The maximum atomic E-state index is 12.0. The van der Waals surface area contributed by atoms with Gasteiger partial charge in [-0.25, -0.2) is 0 Å². The van der Waals surface area contributed by atoms with Crippen molar-refractivity contribution in [3.63, 3.8) is 0 Å². The van der Waals surface area contributed by atoms with Crippen LogP contribution < -0.4 is 16.0 Å². The summed E-state index contributed by atoms with van der Waals surface area (Å²) >= 11 is 0. The number of hydrogen-bond donors (Lipinski definition) is 3. The second-order valence-electron chi connectivity index (χ2n) is 5.88. The SMILES string of the molecule is C[C@H]1C[C@@H](C(=O)NCC(=O)NCCc2ccccc2)CCN1.Cl. The molecule has 1 aromatic carbocycles. The zero-order valence-electron chi connectivity index (χ0n) is 13.5. The summed E-state index contributed by atoms with van der Waals surface area (Å²) in [5.41, 5.74) is 1.19. The maximum Gasteiger partial charge on any atom is 0.239 e. The molecular weight excluding hydrogens is 314 g/mol. The molecule has 128 valence electrons. The standard InChI is InChI=1S/C17H25N3O2.ClH/c1-13-11-15(8-10-18-13)17(22)20-12-16(21)19-9-7-14-5-3-2-4-6-14;/h2-6,13,15,18H,7-12H2,1H3,(H,19,21)(H,20,22);1H/t13-,15-;/m0./s1. The zero-order chi connectivity index (χ0) is 15.8. The molecule has 0 spiro atoms. The van der Waals surface area contributed by atoms with Gasteiger partial charge in [0, 0.05) is 18.5 Å². The fourth-order valence-electron chi connectivity index (χ4n) is 2.74. The average molecular weight is 340 g/mol. The summed E-state index contributed by atoms with van der Waals surface area (Å²) in [6, 6.07) is 10.4. The summed E-state index contributed by atoms with van der Waals surface area (Å²) in [5, 5.41) is 8.89. The van der Waals surface area contributed by atoms with Crippen LogP contribution in [0, 0.1) is 5.92 Å². The van der Waals surface area contributed by atoms with Crippen molar-refractivity contribution < 1.29 is 9.59 Å². The zero-order valence-corrected chi connectivity index (χ0v) is 14.3. The lowest BCUT2D eigenvalue weighted by Crippen LogP contribution is -2.45. The minimum absolute atomic E-state index is 0. The molecule has 2 atom stereocenters. The van der Waals surface area contributed by atoms with Crippen LogP contribution in [0.25, 0.3) is 0 Å². The summed E-state index contributed by atoms with van der Waals surface area (Å²) in [7, 11) is 0. The molecule has 5 nitrogen and oxygen atoms in total. The quantitative estimate of drug-likeness (QED) is 0.731. The minimum atomic E-state index is -0.133. The van der Waals surface area contributed by atoms with Gasteiger partial charge >= 0.3 is 0 Å². The molecule has 0 aromatic heterocycles. The van der Waals surface area contributed by atoms with Gasteiger partial charge < -0.3 is 16.0 Å². The highest BCUT2D eigenvalue weighted by Gasteiger charge is 2.24. The van der Waals surface area contributed by atoms with E-state index in [9.17, 15) is 9.59 Å². The van der Waals surface area contributed by atoms with Crippen molar-refractivity contribution >= 4 is 24.2 Å². The number of hydrogen-bond acceptors (Lipinski definition) is 3. The maximum absolute atomic E-state index is 12.0. The van der Waals surface area contributed by atoms with E-state index in [1.165, 1.54) is 5.56 Å². The topological polar surface area (TPSA) is 70.2 Å². The lowest BCUT2D eigenvalue weighted by Gasteiger charge is -2.26. The Labute approximate surface area is 144 Å². The van der Waals surface area contributed by atoms with E-state index in [0.717, 1.165) is 25.8 Å². The highest BCUT2D eigenvalue weighted by molar-refractivity contribution is 5.86. The molecule has 2 amide bonds. The van der Waals surface area contributed by atoms with Gasteiger partial charge in [0.05, 0.1) is 6.54 Å². The lowest BCUT2D eigenvalue weighted by atomic mass is 9.92. The van der Waals surface area contributed by atoms with E-state index in [4.69, 9.17) is 0 Å². The molecule has 23 heavy (non-hydrogen) atoms. The molecule has 1 heterocycles. The molecule has 0 unspecified atom stereocenters. The molecule has 2 rings (SSSR count). The molecule has 1 fully saturated rings. The number of rotatable bonds is 6. The van der Waals surface area contributed by atoms with Crippen LogP contribution in [-0.2, 0) is 16.0 Å². The minimum Gasteiger partial charge on any atom is -0.354 e. The van der Waals surface area contributed by atoms with Crippen molar-refractivity contribution in [2.45, 2.75) is 32.2 Å². The summed E-state index contributed by atoms with van der Waals surface area (Å²) in [6.45, 7) is 3.59. The number of carbonyl (C=O) groups excluding carboxylic acids is 2. The van der Waals surface area contributed by atoms with Gasteiger partial charge in [-0.05, 0) is 38.3 Å². The lowest BCUT2D eigenvalue weighted by molar-refractivity contribution is -0.129. The normalized spacial score (nSPS) is 20.2. The predicted molar refractivity (Wildman–Crippen MR) is 93.6 cm³/mol. The van der Waals surface area contributed by atoms with E-state index < -0.39 is 0 Å².